The molecule has 2 unspecified atom stereocenters. The fourth-order valence-electron chi connectivity index (χ4n) is 2.97. The molecule has 112 valence electrons. The molecule has 1 amide bonds. The topological polar surface area (TPSA) is 72.4 Å². The summed E-state index contributed by atoms with van der Waals surface area (Å²) in [6.07, 6.45) is 2.79. The van der Waals surface area contributed by atoms with Gasteiger partial charge in [0.05, 0.1) is 17.7 Å². The molecule has 0 spiro atoms. The van der Waals surface area contributed by atoms with Gasteiger partial charge in [-0.3, -0.25) is 4.79 Å². The summed E-state index contributed by atoms with van der Waals surface area (Å²) in [4.78, 5) is 14.6. The highest BCUT2D eigenvalue weighted by Crippen LogP contribution is 2.34. The molecule has 0 saturated carbocycles. The van der Waals surface area contributed by atoms with Gasteiger partial charge in [0.15, 0.2) is 5.76 Å². The van der Waals surface area contributed by atoms with Gasteiger partial charge in [-0.2, -0.15) is 0 Å². The fourth-order valence-corrected chi connectivity index (χ4v) is 2.97. The molecule has 0 radical (unpaired) electrons. The van der Waals surface area contributed by atoms with E-state index in [4.69, 9.17) is 10.3 Å². The van der Waals surface area contributed by atoms with Crippen LogP contribution < -0.4 is 5.73 Å². The highest BCUT2D eigenvalue weighted by molar-refractivity contribution is 5.79. The summed E-state index contributed by atoms with van der Waals surface area (Å²) < 4.78 is 5.35. The number of amides is 1. The van der Waals surface area contributed by atoms with Gasteiger partial charge in [-0.15, -0.1) is 0 Å². The first kappa shape index (κ1) is 15.0. The van der Waals surface area contributed by atoms with Crippen molar-refractivity contribution in [3.8, 4) is 0 Å². The number of likely N-dealkylation sites (tertiary alicyclic amines) is 1. The van der Waals surface area contributed by atoms with Gasteiger partial charge in [0, 0.05) is 19.2 Å². The molecular formula is C15H25N3O2. The maximum atomic E-state index is 12.7. The molecule has 1 aliphatic heterocycles. The molecule has 5 nitrogen and oxygen atoms in total. The molecule has 0 aliphatic carbocycles. The number of nitrogens with two attached hydrogens (primary N) is 1. The van der Waals surface area contributed by atoms with E-state index >= 15 is 0 Å². The van der Waals surface area contributed by atoms with Crippen molar-refractivity contribution in [2.24, 2.45) is 17.6 Å². The Morgan fingerprint density at radius 1 is 1.60 bits per heavy atom. The number of carbonyl (C=O) groups excluding carboxylic acids is 1. The zero-order chi connectivity index (χ0) is 14.7. The Hall–Kier alpha value is -1.36. The monoisotopic (exact) mass is 279 g/mol. The summed E-state index contributed by atoms with van der Waals surface area (Å²) in [5.41, 5.74) is 6.65. The lowest BCUT2D eigenvalue weighted by Crippen LogP contribution is -2.39. The molecular weight excluding hydrogens is 254 g/mol. The van der Waals surface area contributed by atoms with E-state index in [1.54, 1.807) is 0 Å². The number of aryl methyl sites for hydroxylation is 1. The van der Waals surface area contributed by atoms with Crippen LogP contribution in [0.4, 0.5) is 0 Å². The second-order valence-corrected chi connectivity index (χ2v) is 6.12. The van der Waals surface area contributed by atoms with Crippen LogP contribution in [0.5, 0.6) is 0 Å². The summed E-state index contributed by atoms with van der Waals surface area (Å²) in [7, 11) is 0. The van der Waals surface area contributed by atoms with Crippen molar-refractivity contribution in [1.82, 2.24) is 10.1 Å². The van der Waals surface area contributed by atoms with Crippen LogP contribution >= 0.6 is 0 Å². The number of aromatic nitrogens is 1. The van der Waals surface area contributed by atoms with E-state index in [1.165, 1.54) is 0 Å². The zero-order valence-corrected chi connectivity index (χ0v) is 12.6. The average Bonchev–Trinajstić information content (AvgIpc) is 3.02. The molecule has 2 rings (SSSR count). The largest absolute Gasteiger partial charge is 0.359 e. The zero-order valence-electron chi connectivity index (χ0n) is 12.6. The van der Waals surface area contributed by atoms with Gasteiger partial charge < -0.3 is 15.2 Å². The maximum absolute atomic E-state index is 12.7. The van der Waals surface area contributed by atoms with Gasteiger partial charge in [0.25, 0.3) is 0 Å². The minimum absolute atomic E-state index is 0.0323. The summed E-state index contributed by atoms with van der Waals surface area (Å²) in [6, 6.07) is 1.96. The normalized spacial score (nSPS) is 20.6. The van der Waals surface area contributed by atoms with Gasteiger partial charge in [-0.1, -0.05) is 19.0 Å². The maximum Gasteiger partial charge on any atom is 0.227 e. The lowest BCUT2D eigenvalue weighted by molar-refractivity contribution is -0.137. The smallest absolute Gasteiger partial charge is 0.227 e. The molecule has 2 atom stereocenters. The Kier molecular flexibility index (Phi) is 4.81. The molecule has 0 aromatic carbocycles. The first-order valence-electron chi connectivity index (χ1n) is 7.46. The Morgan fingerprint density at radius 2 is 2.35 bits per heavy atom. The third kappa shape index (κ3) is 3.20. The summed E-state index contributed by atoms with van der Waals surface area (Å²) >= 11 is 0. The quantitative estimate of drug-likeness (QED) is 0.897. The van der Waals surface area contributed by atoms with Crippen molar-refractivity contribution >= 4 is 5.91 Å². The Balaban J connectivity index is 2.11. The molecule has 2 heterocycles. The molecule has 1 aliphatic rings. The molecule has 1 aromatic heterocycles. The second kappa shape index (κ2) is 6.39. The minimum atomic E-state index is -0.0837. The Morgan fingerprint density at radius 3 is 2.90 bits per heavy atom. The van der Waals surface area contributed by atoms with Crippen LogP contribution in [0.1, 0.15) is 50.6 Å². The number of hydrogen-bond acceptors (Lipinski definition) is 4. The van der Waals surface area contributed by atoms with Gasteiger partial charge >= 0.3 is 0 Å². The molecule has 1 fully saturated rings. The van der Waals surface area contributed by atoms with Crippen LogP contribution in [0.15, 0.2) is 10.6 Å². The third-order valence-corrected chi connectivity index (χ3v) is 3.90. The highest BCUT2D eigenvalue weighted by atomic mass is 16.5. The van der Waals surface area contributed by atoms with Crippen molar-refractivity contribution in [2.45, 2.75) is 46.1 Å². The van der Waals surface area contributed by atoms with E-state index < -0.39 is 0 Å². The molecule has 2 N–H and O–H groups in total. The average molecular weight is 279 g/mol. The molecule has 20 heavy (non-hydrogen) atoms. The number of rotatable bonds is 5. The summed E-state index contributed by atoms with van der Waals surface area (Å²) in [5, 5.41) is 3.93. The Labute approximate surface area is 120 Å². The summed E-state index contributed by atoms with van der Waals surface area (Å²) in [6.45, 7) is 7.34. The SMILES string of the molecule is Cc1cc(C2CCCN2C(=O)C(CN)CC(C)C)on1. The van der Waals surface area contributed by atoms with E-state index in [0.717, 1.165) is 37.3 Å². The van der Waals surface area contributed by atoms with Crippen molar-refractivity contribution < 1.29 is 9.32 Å². The van der Waals surface area contributed by atoms with E-state index in [0.29, 0.717) is 12.5 Å². The fraction of sp³-hybridized carbons (Fsp3) is 0.733. The number of carbonyl (C=O) groups is 1. The first-order chi connectivity index (χ1) is 9.52. The van der Waals surface area contributed by atoms with E-state index in [-0.39, 0.29) is 17.9 Å². The molecule has 1 saturated heterocycles. The minimum Gasteiger partial charge on any atom is -0.359 e. The number of hydrogen-bond donors (Lipinski definition) is 1. The standard InChI is InChI=1S/C15H25N3O2/c1-10(2)7-12(9-16)15(19)18-6-4-5-13(18)14-8-11(3)17-20-14/h8,10,12-13H,4-7,9,16H2,1-3H3. The van der Waals surface area contributed by atoms with Gasteiger partial charge in [-0.05, 0) is 32.1 Å². The lowest BCUT2D eigenvalue weighted by Gasteiger charge is -2.27. The van der Waals surface area contributed by atoms with Crippen molar-refractivity contribution in [3.63, 3.8) is 0 Å². The van der Waals surface area contributed by atoms with Crippen LogP contribution in [-0.2, 0) is 4.79 Å². The highest BCUT2D eigenvalue weighted by Gasteiger charge is 2.35. The molecule has 1 aromatic rings. The lowest BCUT2D eigenvalue weighted by atomic mass is 9.95. The van der Waals surface area contributed by atoms with E-state index in [9.17, 15) is 4.79 Å². The molecule has 0 bridgehead atoms. The van der Waals surface area contributed by atoms with Gasteiger partial charge in [-0.25, -0.2) is 0 Å². The van der Waals surface area contributed by atoms with Crippen LogP contribution in [-0.4, -0.2) is 29.1 Å². The Bertz CT molecular complexity index is 456. The second-order valence-electron chi connectivity index (χ2n) is 6.12. The van der Waals surface area contributed by atoms with Crippen molar-refractivity contribution in [2.75, 3.05) is 13.1 Å². The summed E-state index contributed by atoms with van der Waals surface area (Å²) in [5.74, 6) is 1.35. The number of nitrogens with zero attached hydrogens (tertiary/aromatic N) is 2. The van der Waals surface area contributed by atoms with E-state index in [1.807, 2.05) is 17.9 Å². The third-order valence-electron chi connectivity index (χ3n) is 3.90. The van der Waals surface area contributed by atoms with Crippen LogP contribution in [0, 0.1) is 18.8 Å². The van der Waals surface area contributed by atoms with Crippen LogP contribution in [0.3, 0.4) is 0 Å². The van der Waals surface area contributed by atoms with Gasteiger partial charge in [0.1, 0.15) is 0 Å². The predicted octanol–water partition coefficient (Wildman–Crippen LogP) is 2.27. The van der Waals surface area contributed by atoms with Crippen LogP contribution in [0.2, 0.25) is 0 Å². The first-order valence-corrected chi connectivity index (χ1v) is 7.46. The molecule has 5 heteroatoms. The van der Waals surface area contributed by atoms with Crippen LogP contribution in [0.25, 0.3) is 0 Å². The predicted molar refractivity (Wildman–Crippen MR) is 76.9 cm³/mol. The van der Waals surface area contributed by atoms with Crippen molar-refractivity contribution in [1.29, 1.82) is 0 Å². The van der Waals surface area contributed by atoms with Gasteiger partial charge in [0.2, 0.25) is 5.91 Å². The van der Waals surface area contributed by atoms with E-state index in [2.05, 4.69) is 19.0 Å². The van der Waals surface area contributed by atoms with Crippen molar-refractivity contribution in [3.05, 3.63) is 17.5 Å².